The molecule has 1 aromatic carbocycles. The molecule has 0 amide bonds. The number of anilines is 1. The van der Waals surface area contributed by atoms with Gasteiger partial charge in [-0.25, -0.2) is 0 Å². The molecule has 0 aliphatic heterocycles. The summed E-state index contributed by atoms with van der Waals surface area (Å²) in [6.07, 6.45) is 1.16. The van der Waals surface area contributed by atoms with Gasteiger partial charge >= 0.3 is 5.97 Å². The van der Waals surface area contributed by atoms with E-state index in [0.29, 0.717) is 13.0 Å². The van der Waals surface area contributed by atoms with Gasteiger partial charge in [-0.3, -0.25) is 4.79 Å². The van der Waals surface area contributed by atoms with Crippen LogP contribution in [0.1, 0.15) is 25.3 Å². The highest BCUT2D eigenvalue weighted by Gasteiger charge is 2.11. The van der Waals surface area contributed by atoms with Crippen LogP contribution in [0.4, 0.5) is 5.69 Å². The molecule has 1 aromatic rings. The van der Waals surface area contributed by atoms with Crippen molar-refractivity contribution in [2.75, 3.05) is 25.6 Å². The fourth-order valence-electron chi connectivity index (χ4n) is 1.89. The highest BCUT2D eigenvalue weighted by Crippen LogP contribution is 2.15. The lowest BCUT2D eigenvalue weighted by molar-refractivity contribution is -0.141. The molecule has 4 nitrogen and oxygen atoms in total. The number of carbonyl (C=O) groups excluding carboxylic acids is 1. The van der Waals surface area contributed by atoms with Crippen molar-refractivity contribution < 1.29 is 14.6 Å². The second-order valence-corrected chi connectivity index (χ2v) is 4.67. The Labute approximate surface area is 115 Å². The van der Waals surface area contributed by atoms with Gasteiger partial charge in [-0.2, -0.15) is 0 Å². The summed E-state index contributed by atoms with van der Waals surface area (Å²) in [7, 11) is 3.29. The number of likely N-dealkylation sites (N-methyl/N-ethyl adjacent to an activating group) is 1. The Bertz CT molecular complexity index is 389. The standard InChI is InChI=1S/C15H23NO3/c1-4-12-5-7-13(8-6-12)16(2)11-14(17)9-10-15(18)19-3/h5-8,14,17H,4,9-11H2,1-3H3. The molecule has 0 fully saturated rings. The van der Waals surface area contributed by atoms with Crippen LogP contribution < -0.4 is 4.90 Å². The summed E-state index contributed by atoms with van der Waals surface area (Å²) in [5.41, 5.74) is 2.36. The van der Waals surface area contributed by atoms with Crippen LogP contribution in [0.25, 0.3) is 0 Å². The van der Waals surface area contributed by atoms with Crippen molar-refractivity contribution in [3.05, 3.63) is 29.8 Å². The van der Waals surface area contributed by atoms with E-state index in [1.807, 2.05) is 24.1 Å². The molecular formula is C15H23NO3. The molecule has 0 bridgehead atoms. The van der Waals surface area contributed by atoms with Gasteiger partial charge in [0.15, 0.2) is 0 Å². The van der Waals surface area contributed by atoms with Gasteiger partial charge in [0.25, 0.3) is 0 Å². The highest BCUT2D eigenvalue weighted by atomic mass is 16.5. The number of aryl methyl sites for hydroxylation is 1. The number of benzene rings is 1. The molecule has 0 saturated carbocycles. The molecule has 0 aromatic heterocycles. The first kappa shape index (κ1) is 15.5. The number of ether oxygens (including phenoxy) is 1. The summed E-state index contributed by atoms with van der Waals surface area (Å²) >= 11 is 0. The fraction of sp³-hybridized carbons (Fsp3) is 0.533. The van der Waals surface area contributed by atoms with Crippen molar-refractivity contribution in [1.82, 2.24) is 0 Å². The van der Waals surface area contributed by atoms with Crippen LogP contribution in [0, 0.1) is 0 Å². The molecule has 1 N–H and O–H groups in total. The third-order valence-electron chi connectivity index (χ3n) is 3.18. The van der Waals surface area contributed by atoms with E-state index >= 15 is 0 Å². The molecule has 0 aliphatic rings. The third kappa shape index (κ3) is 5.30. The Morgan fingerprint density at radius 2 is 2.00 bits per heavy atom. The van der Waals surface area contributed by atoms with Crippen molar-refractivity contribution in [1.29, 1.82) is 0 Å². The lowest BCUT2D eigenvalue weighted by atomic mass is 10.1. The number of rotatable bonds is 7. The quantitative estimate of drug-likeness (QED) is 0.766. The zero-order valence-electron chi connectivity index (χ0n) is 11.9. The number of nitrogens with zero attached hydrogens (tertiary/aromatic N) is 1. The Morgan fingerprint density at radius 1 is 1.37 bits per heavy atom. The smallest absolute Gasteiger partial charge is 0.305 e. The van der Waals surface area contributed by atoms with Gasteiger partial charge in [-0.15, -0.1) is 0 Å². The van der Waals surface area contributed by atoms with E-state index < -0.39 is 6.10 Å². The van der Waals surface area contributed by atoms with Crippen LogP contribution in [-0.2, 0) is 16.0 Å². The first-order valence-electron chi connectivity index (χ1n) is 6.61. The fourth-order valence-corrected chi connectivity index (χ4v) is 1.89. The number of methoxy groups -OCH3 is 1. The average Bonchev–Trinajstić information content (AvgIpc) is 2.44. The minimum Gasteiger partial charge on any atom is -0.469 e. The van der Waals surface area contributed by atoms with Gasteiger partial charge in [0.1, 0.15) is 0 Å². The number of esters is 1. The first-order valence-corrected chi connectivity index (χ1v) is 6.61. The molecule has 19 heavy (non-hydrogen) atoms. The number of aliphatic hydroxyl groups is 1. The minimum atomic E-state index is -0.532. The van der Waals surface area contributed by atoms with Gasteiger partial charge in [-0.1, -0.05) is 19.1 Å². The largest absolute Gasteiger partial charge is 0.469 e. The molecule has 0 heterocycles. The van der Waals surface area contributed by atoms with Gasteiger partial charge in [0.05, 0.1) is 13.2 Å². The van der Waals surface area contributed by atoms with Crippen LogP contribution in [0.15, 0.2) is 24.3 Å². The maximum Gasteiger partial charge on any atom is 0.305 e. The van der Waals surface area contributed by atoms with E-state index in [-0.39, 0.29) is 12.4 Å². The maximum absolute atomic E-state index is 11.0. The minimum absolute atomic E-state index is 0.250. The number of aliphatic hydroxyl groups excluding tert-OH is 1. The zero-order chi connectivity index (χ0) is 14.3. The van der Waals surface area contributed by atoms with Crippen molar-refractivity contribution in [2.45, 2.75) is 32.3 Å². The molecule has 0 radical (unpaired) electrons. The van der Waals surface area contributed by atoms with Gasteiger partial charge < -0.3 is 14.7 Å². The van der Waals surface area contributed by atoms with E-state index in [1.54, 1.807) is 0 Å². The lowest BCUT2D eigenvalue weighted by Gasteiger charge is -2.22. The first-order chi connectivity index (χ1) is 9.06. The van der Waals surface area contributed by atoms with Crippen LogP contribution in [-0.4, -0.2) is 37.9 Å². The number of hydrogen-bond donors (Lipinski definition) is 1. The monoisotopic (exact) mass is 265 g/mol. The normalized spacial score (nSPS) is 12.0. The Balaban J connectivity index is 2.44. The highest BCUT2D eigenvalue weighted by molar-refractivity contribution is 5.69. The average molecular weight is 265 g/mol. The van der Waals surface area contributed by atoms with E-state index in [4.69, 9.17) is 0 Å². The molecule has 1 atom stereocenters. The second kappa shape index (κ2) is 7.79. The molecule has 4 heteroatoms. The molecule has 1 unspecified atom stereocenters. The van der Waals surface area contributed by atoms with E-state index in [1.165, 1.54) is 12.7 Å². The summed E-state index contributed by atoms with van der Waals surface area (Å²) < 4.78 is 4.55. The van der Waals surface area contributed by atoms with Crippen molar-refractivity contribution in [3.63, 3.8) is 0 Å². The van der Waals surface area contributed by atoms with Gasteiger partial charge in [0.2, 0.25) is 0 Å². The lowest BCUT2D eigenvalue weighted by Crippen LogP contribution is -2.29. The molecule has 0 saturated heterocycles. The van der Waals surface area contributed by atoms with Gasteiger partial charge in [0, 0.05) is 25.7 Å². The second-order valence-electron chi connectivity index (χ2n) is 4.67. The van der Waals surface area contributed by atoms with Gasteiger partial charge in [-0.05, 0) is 30.5 Å². The number of carbonyl (C=O) groups is 1. The van der Waals surface area contributed by atoms with Crippen LogP contribution in [0.3, 0.4) is 0 Å². The molecule has 1 rings (SSSR count). The third-order valence-corrected chi connectivity index (χ3v) is 3.18. The van der Waals surface area contributed by atoms with Crippen molar-refractivity contribution in [3.8, 4) is 0 Å². The van der Waals surface area contributed by atoms with Crippen LogP contribution in [0.2, 0.25) is 0 Å². The topological polar surface area (TPSA) is 49.8 Å². The van der Waals surface area contributed by atoms with E-state index in [2.05, 4.69) is 23.8 Å². The zero-order valence-corrected chi connectivity index (χ0v) is 11.9. The van der Waals surface area contributed by atoms with E-state index in [9.17, 15) is 9.90 Å². The predicted octanol–water partition coefficient (Wildman–Crippen LogP) is 2.00. The van der Waals surface area contributed by atoms with Crippen LogP contribution >= 0.6 is 0 Å². The Kier molecular flexibility index (Phi) is 6.36. The van der Waals surface area contributed by atoms with Crippen molar-refractivity contribution >= 4 is 11.7 Å². The van der Waals surface area contributed by atoms with Crippen LogP contribution in [0.5, 0.6) is 0 Å². The SMILES string of the molecule is CCc1ccc(N(C)CC(O)CCC(=O)OC)cc1. The summed E-state index contributed by atoms with van der Waals surface area (Å²) in [4.78, 5) is 13.0. The van der Waals surface area contributed by atoms with Crippen molar-refractivity contribution in [2.24, 2.45) is 0 Å². The Hall–Kier alpha value is -1.55. The summed E-state index contributed by atoms with van der Waals surface area (Å²) in [6.45, 7) is 2.62. The predicted molar refractivity (Wildman–Crippen MR) is 76.3 cm³/mol. The maximum atomic E-state index is 11.0. The summed E-state index contributed by atoms with van der Waals surface area (Å²) in [5, 5.41) is 9.88. The number of hydrogen-bond acceptors (Lipinski definition) is 4. The molecular weight excluding hydrogens is 242 g/mol. The summed E-state index contributed by atoms with van der Waals surface area (Å²) in [5.74, 6) is -0.283. The Morgan fingerprint density at radius 3 is 2.53 bits per heavy atom. The molecule has 0 aliphatic carbocycles. The molecule has 106 valence electrons. The van der Waals surface area contributed by atoms with E-state index in [0.717, 1.165) is 12.1 Å². The molecule has 0 spiro atoms. The summed E-state index contributed by atoms with van der Waals surface area (Å²) in [6, 6.07) is 8.27.